The van der Waals surface area contributed by atoms with Crippen molar-refractivity contribution in [2.45, 2.75) is 45.1 Å². The Kier molecular flexibility index (Phi) is 4.75. The fourth-order valence-corrected chi connectivity index (χ4v) is 2.98. The normalized spacial score (nSPS) is 16.6. The van der Waals surface area contributed by atoms with E-state index in [0.29, 0.717) is 16.3 Å². The van der Waals surface area contributed by atoms with Gasteiger partial charge in [-0.1, -0.05) is 25.3 Å². The summed E-state index contributed by atoms with van der Waals surface area (Å²) in [6.07, 6.45) is 6.04. The van der Waals surface area contributed by atoms with Crippen LogP contribution in [0.3, 0.4) is 0 Å². The van der Waals surface area contributed by atoms with Crippen molar-refractivity contribution in [1.82, 2.24) is 9.88 Å². The van der Waals surface area contributed by atoms with E-state index in [2.05, 4.69) is 20.9 Å². The van der Waals surface area contributed by atoms with Gasteiger partial charge in [0, 0.05) is 12.6 Å². The summed E-state index contributed by atoms with van der Waals surface area (Å²) in [7, 11) is 0. The predicted molar refractivity (Wildman–Crippen MR) is 75.5 cm³/mol. The number of hydrogen-bond acceptors (Lipinski definition) is 2. The first kappa shape index (κ1) is 13.5. The number of carbonyl (C=O) groups excluding carboxylic acids is 1. The summed E-state index contributed by atoms with van der Waals surface area (Å²) < 4.78 is 0.716. The monoisotopic (exact) mass is 310 g/mol. The average molecular weight is 311 g/mol. The minimum Gasteiger partial charge on any atom is -0.335 e. The van der Waals surface area contributed by atoms with Crippen LogP contribution in [-0.2, 0) is 0 Å². The van der Waals surface area contributed by atoms with Crippen molar-refractivity contribution in [2.75, 3.05) is 6.54 Å². The summed E-state index contributed by atoms with van der Waals surface area (Å²) in [4.78, 5) is 18.7. The van der Waals surface area contributed by atoms with Gasteiger partial charge in [0.2, 0.25) is 0 Å². The van der Waals surface area contributed by atoms with E-state index in [9.17, 15) is 4.79 Å². The fraction of sp³-hybridized carbons (Fsp3) is 0.571. The minimum atomic E-state index is 0.0608. The Morgan fingerprint density at radius 1 is 1.39 bits per heavy atom. The molecular formula is C14H19BrN2O. The van der Waals surface area contributed by atoms with Crippen molar-refractivity contribution in [2.24, 2.45) is 0 Å². The molecule has 0 aromatic carbocycles. The van der Waals surface area contributed by atoms with E-state index in [0.717, 1.165) is 19.4 Å². The van der Waals surface area contributed by atoms with Crippen molar-refractivity contribution in [3.63, 3.8) is 0 Å². The third-order valence-corrected chi connectivity index (χ3v) is 3.99. The zero-order valence-corrected chi connectivity index (χ0v) is 12.3. The molecule has 0 atom stereocenters. The molecule has 4 heteroatoms. The lowest BCUT2D eigenvalue weighted by atomic mass is 9.94. The molecule has 1 heterocycles. The lowest BCUT2D eigenvalue weighted by molar-refractivity contribution is 0.0641. The number of hydrogen-bond donors (Lipinski definition) is 0. The van der Waals surface area contributed by atoms with E-state index in [-0.39, 0.29) is 5.91 Å². The second-order valence-electron chi connectivity index (χ2n) is 4.73. The van der Waals surface area contributed by atoms with Crippen LogP contribution in [-0.4, -0.2) is 28.4 Å². The van der Waals surface area contributed by atoms with Gasteiger partial charge in [-0.3, -0.25) is 4.79 Å². The molecule has 1 fully saturated rings. The van der Waals surface area contributed by atoms with Crippen LogP contribution in [0.2, 0.25) is 0 Å². The van der Waals surface area contributed by atoms with Crippen LogP contribution in [0, 0.1) is 0 Å². The summed E-state index contributed by atoms with van der Waals surface area (Å²) in [5, 5.41) is 0. The molecule has 1 aromatic heterocycles. The Bertz CT molecular complexity index is 416. The second-order valence-corrected chi connectivity index (χ2v) is 5.54. The largest absolute Gasteiger partial charge is 0.335 e. The smallest absolute Gasteiger partial charge is 0.272 e. The topological polar surface area (TPSA) is 33.2 Å². The molecule has 2 rings (SSSR count). The molecule has 1 aliphatic rings. The third kappa shape index (κ3) is 3.10. The van der Waals surface area contributed by atoms with Crippen molar-refractivity contribution in [3.8, 4) is 0 Å². The molecule has 0 aliphatic heterocycles. The molecule has 0 saturated heterocycles. The van der Waals surface area contributed by atoms with Crippen molar-refractivity contribution in [1.29, 1.82) is 0 Å². The molecular weight excluding hydrogens is 292 g/mol. The van der Waals surface area contributed by atoms with Gasteiger partial charge < -0.3 is 4.90 Å². The van der Waals surface area contributed by atoms with Crippen molar-refractivity contribution < 1.29 is 4.79 Å². The van der Waals surface area contributed by atoms with Gasteiger partial charge in [-0.2, -0.15) is 0 Å². The van der Waals surface area contributed by atoms with Crippen LogP contribution >= 0.6 is 15.9 Å². The first-order valence-electron chi connectivity index (χ1n) is 6.66. The quantitative estimate of drug-likeness (QED) is 0.799. The van der Waals surface area contributed by atoms with Crippen molar-refractivity contribution >= 4 is 21.8 Å². The summed E-state index contributed by atoms with van der Waals surface area (Å²) in [5.74, 6) is 0.0608. The number of nitrogens with zero attached hydrogens (tertiary/aromatic N) is 2. The first-order chi connectivity index (χ1) is 8.72. The van der Waals surface area contributed by atoms with Gasteiger partial charge in [-0.15, -0.1) is 0 Å². The molecule has 0 unspecified atom stereocenters. The molecule has 0 spiro atoms. The summed E-state index contributed by atoms with van der Waals surface area (Å²) in [6.45, 7) is 2.81. The Balaban J connectivity index is 2.14. The van der Waals surface area contributed by atoms with E-state index in [4.69, 9.17) is 0 Å². The summed E-state index contributed by atoms with van der Waals surface area (Å²) in [5.41, 5.74) is 0.539. The Hall–Kier alpha value is -0.900. The van der Waals surface area contributed by atoms with Crippen LogP contribution in [0.1, 0.15) is 49.5 Å². The van der Waals surface area contributed by atoms with E-state index in [1.54, 1.807) is 6.07 Å². The summed E-state index contributed by atoms with van der Waals surface area (Å²) >= 11 is 3.32. The van der Waals surface area contributed by atoms with Crippen LogP contribution in [0.4, 0.5) is 0 Å². The number of halogens is 1. The second kappa shape index (κ2) is 6.32. The van der Waals surface area contributed by atoms with E-state index < -0.39 is 0 Å². The molecule has 1 amide bonds. The Morgan fingerprint density at radius 3 is 2.72 bits per heavy atom. The standard InChI is InChI=1S/C14H19BrN2O/c1-2-17(11-7-4-3-5-8-11)14(18)12-9-6-10-13(15)16-12/h6,9-11H,2-5,7-8H2,1H3. The lowest BCUT2D eigenvalue weighted by Gasteiger charge is -2.33. The number of carbonyl (C=O) groups is 1. The SMILES string of the molecule is CCN(C(=O)c1cccc(Br)n1)C1CCCCC1. The highest BCUT2D eigenvalue weighted by atomic mass is 79.9. The van der Waals surface area contributed by atoms with Gasteiger partial charge in [0.1, 0.15) is 10.3 Å². The predicted octanol–water partition coefficient (Wildman–Crippen LogP) is 3.64. The molecule has 0 radical (unpaired) electrons. The van der Waals surface area contributed by atoms with Crippen LogP contribution < -0.4 is 0 Å². The van der Waals surface area contributed by atoms with Crippen LogP contribution in [0.25, 0.3) is 0 Å². The van der Waals surface area contributed by atoms with Gasteiger partial charge in [0.15, 0.2) is 0 Å². The molecule has 0 N–H and O–H groups in total. The van der Waals surface area contributed by atoms with Gasteiger partial charge in [0.05, 0.1) is 0 Å². The Morgan fingerprint density at radius 2 is 2.11 bits per heavy atom. The molecule has 1 aromatic rings. The zero-order chi connectivity index (χ0) is 13.0. The Labute approximate surface area is 117 Å². The number of aromatic nitrogens is 1. The van der Waals surface area contributed by atoms with Crippen LogP contribution in [0.5, 0.6) is 0 Å². The molecule has 1 saturated carbocycles. The highest BCUT2D eigenvalue weighted by Gasteiger charge is 2.25. The van der Waals surface area contributed by atoms with Crippen LogP contribution in [0.15, 0.2) is 22.8 Å². The van der Waals surface area contributed by atoms with Gasteiger partial charge in [-0.25, -0.2) is 4.98 Å². The molecule has 18 heavy (non-hydrogen) atoms. The first-order valence-corrected chi connectivity index (χ1v) is 7.45. The highest BCUT2D eigenvalue weighted by molar-refractivity contribution is 9.10. The third-order valence-electron chi connectivity index (χ3n) is 3.55. The summed E-state index contributed by atoms with van der Waals surface area (Å²) in [6, 6.07) is 5.89. The van der Waals surface area contributed by atoms with E-state index in [1.807, 2.05) is 24.0 Å². The van der Waals surface area contributed by atoms with E-state index >= 15 is 0 Å². The minimum absolute atomic E-state index is 0.0608. The van der Waals surface area contributed by atoms with Gasteiger partial charge >= 0.3 is 0 Å². The highest BCUT2D eigenvalue weighted by Crippen LogP contribution is 2.23. The number of pyridine rings is 1. The number of amides is 1. The molecule has 3 nitrogen and oxygen atoms in total. The van der Waals surface area contributed by atoms with Gasteiger partial charge in [-0.05, 0) is 47.8 Å². The molecule has 0 bridgehead atoms. The maximum Gasteiger partial charge on any atom is 0.272 e. The van der Waals surface area contributed by atoms with Crippen molar-refractivity contribution in [3.05, 3.63) is 28.5 Å². The fourth-order valence-electron chi connectivity index (χ4n) is 2.63. The molecule has 98 valence electrons. The maximum atomic E-state index is 12.5. The average Bonchev–Trinajstić information content (AvgIpc) is 2.41. The lowest BCUT2D eigenvalue weighted by Crippen LogP contribution is -2.41. The maximum absolute atomic E-state index is 12.5. The molecule has 1 aliphatic carbocycles. The van der Waals surface area contributed by atoms with Gasteiger partial charge in [0.25, 0.3) is 5.91 Å². The number of rotatable bonds is 3. The van der Waals surface area contributed by atoms with E-state index in [1.165, 1.54) is 19.3 Å². The zero-order valence-electron chi connectivity index (χ0n) is 10.7.